The molecule has 1 amide bonds. The van der Waals surface area contributed by atoms with Crippen LogP contribution in [0.3, 0.4) is 0 Å². The van der Waals surface area contributed by atoms with E-state index in [9.17, 15) is 13.2 Å². The molecule has 6 nitrogen and oxygen atoms in total. The van der Waals surface area contributed by atoms with Gasteiger partial charge < -0.3 is 9.64 Å². The highest BCUT2D eigenvalue weighted by atomic mass is 32.2. The summed E-state index contributed by atoms with van der Waals surface area (Å²) in [5, 5.41) is 0. The third kappa shape index (κ3) is 7.02. The molecule has 0 bridgehead atoms. The van der Waals surface area contributed by atoms with Gasteiger partial charge in [-0.25, -0.2) is 4.79 Å². The zero-order valence-corrected chi connectivity index (χ0v) is 15.4. The Hall–Kier alpha value is -2.04. The van der Waals surface area contributed by atoms with E-state index >= 15 is 0 Å². The third-order valence-corrected chi connectivity index (χ3v) is 4.02. The van der Waals surface area contributed by atoms with Crippen LogP contribution in [0.1, 0.15) is 26.3 Å². The first-order chi connectivity index (χ1) is 11.0. The molecule has 0 aliphatic carbocycles. The molecule has 0 radical (unpaired) electrons. The highest BCUT2D eigenvalue weighted by Gasteiger charge is 2.18. The zero-order valence-electron chi connectivity index (χ0n) is 14.6. The number of nitrogens with zero attached hydrogens (tertiary/aromatic N) is 1. The fraction of sp³-hybridized carbons (Fsp3) is 0.471. The van der Waals surface area contributed by atoms with Crippen molar-refractivity contribution < 1.29 is 22.1 Å². The molecule has 0 aliphatic rings. The second-order valence-corrected chi connectivity index (χ2v) is 7.83. The van der Waals surface area contributed by atoms with Gasteiger partial charge in [-0.15, -0.1) is 0 Å². The molecule has 0 spiro atoms. The molecule has 7 heteroatoms. The lowest BCUT2D eigenvalue weighted by molar-refractivity contribution is 0.0320. The van der Waals surface area contributed by atoms with Gasteiger partial charge in [0.15, 0.2) is 0 Å². The Bertz CT molecular complexity index is 721. The molecule has 0 aliphatic heterocycles. The molecule has 0 saturated heterocycles. The van der Waals surface area contributed by atoms with Crippen molar-refractivity contribution in [3.05, 3.63) is 29.8 Å². The van der Waals surface area contributed by atoms with Crippen molar-refractivity contribution in [1.29, 1.82) is 0 Å². The Balaban J connectivity index is 2.49. The number of ether oxygens (including phenoxy) is 1. The molecule has 1 rings (SSSR count). The van der Waals surface area contributed by atoms with E-state index in [0.29, 0.717) is 0 Å². The Kier molecular flexibility index (Phi) is 6.81. The molecular formula is C17H23NO5S. The molecule has 0 fully saturated rings. The Labute approximate surface area is 143 Å². The van der Waals surface area contributed by atoms with E-state index < -0.39 is 21.8 Å². The lowest BCUT2D eigenvalue weighted by atomic mass is 10.2. The number of rotatable bonds is 4. The minimum Gasteiger partial charge on any atom is -0.444 e. The van der Waals surface area contributed by atoms with Crippen LogP contribution in [0, 0.1) is 18.8 Å². The molecule has 0 aromatic heterocycles. The van der Waals surface area contributed by atoms with Gasteiger partial charge in [-0.1, -0.05) is 29.5 Å². The smallest absolute Gasteiger partial charge is 0.410 e. The second-order valence-electron chi connectivity index (χ2n) is 6.22. The normalized spacial score (nSPS) is 11.4. The van der Waals surface area contributed by atoms with Crippen molar-refractivity contribution in [2.45, 2.75) is 38.2 Å². The lowest BCUT2D eigenvalue weighted by Gasteiger charge is -2.23. The van der Waals surface area contributed by atoms with Crippen LogP contribution in [-0.2, 0) is 19.0 Å². The molecule has 0 unspecified atom stereocenters. The number of amides is 1. The van der Waals surface area contributed by atoms with Crippen molar-refractivity contribution >= 4 is 16.2 Å². The lowest BCUT2D eigenvalue weighted by Crippen LogP contribution is -2.34. The number of carbonyl (C=O) groups excluding carboxylic acids is 1. The van der Waals surface area contributed by atoms with Crippen molar-refractivity contribution in [2.75, 3.05) is 20.2 Å². The van der Waals surface area contributed by atoms with Crippen LogP contribution in [0.4, 0.5) is 4.79 Å². The van der Waals surface area contributed by atoms with E-state index in [1.54, 1.807) is 40.0 Å². The minimum absolute atomic E-state index is 0.0840. The van der Waals surface area contributed by atoms with E-state index in [4.69, 9.17) is 8.92 Å². The van der Waals surface area contributed by atoms with E-state index in [2.05, 4.69) is 11.8 Å². The van der Waals surface area contributed by atoms with Gasteiger partial charge in [-0.3, -0.25) is 4.18 Å². The standard InChI is InChI=1S/C17H23NO5S/c1-14-8-10-15(11-9-14)24(20,21)22-13-7-6-12-18(5)16(19)23-17(2,3)4/h8-11H,12-13H2,1-5H3. The average Bonchev–Trinajstić information content (AvgIpc) is 2.45. The van der Waals surface area contributed by atoms with Gasteiger partial charge in [0.05, 0.1) is 11.4 Å². The number of hydrogen-bond donors (Lipinski definition) is 0. The first-order valence-electron chi connectivity index (χ1n) is 7.37. The van der Waals surface area contributed by atoms with Gasteiger partial charge in [-0.05, 0) is 39.8 Å². The summed E-state index contributed by atoms with van der Waals surface area (Å²) in [6, 6.07) is 6.35. The highest BCUT2D eigenvalue weighted by Crippen LogP contribution is 2.12. The van der Waals surface area contributed by atoms with E-state index in [-0.39, 0.29) is 18.0 Å². The van der Waals surface area contributed by atoms with Crippen LogP contribution >= 0.6 is 0 Å². The second kappa shape index (κ2) is 8.18. The Morgan fingerprint density at radius 2 is 1.75 bits per heavy atom. The van der Waals surface area contributed by atoms with Crippen LogP contribution < -0.4 is 0 Å². The summed E-state index contributed by atoms with van der Waals surface area (Å²) in [6.45, 7) is 7.02. The van der Waals surface area contributed by atoms with Gasteiger partial charge in [0.1, 0.15) is 12.2 Å². The first-order valence-corrected chi connectivity index (χ1v) is 8.78. The Morgan fingerprint density at radius 1 is 1.17 bits per heavy atom. The van der Waals surface area contributed by atoms with Crippen molar-refractivity contribution in [2.24, 2.45) is 0 Å². The molecule has 24 heavy (non-hydrogen) atoms. The summed E-state index contributed by atoms with van der Waals surface area (Å²) in [7, 11) is -2.28. The third-order valence-electron chi connectivity index (χ3n) is 2.74. The van der Waals surface area contributed by atoms with Gasteiger partial charge in [-0.2, -0.15) is 8.42 Å². The quantitative estimate of drug-likeness (QED) is 0.614. The van der Waals surface area contributed by atoms with Crippen molar-refractivity contribution in [3.63, 3.8) is 0 Å². The maximum atomic E-state index is 11.9. The number of carbonyl (C=O) groups is 1. The summed E-state index contributed by atoms with van der Waals surface area (Å²) in [4.78, 5) is 13.1. The molecule has 0 heterocycles. The molecule has 0 N–H and O–H groups in total. The monoisotopic (exact) mass is 353 g/mol. The van der Waals surface area contributed by atoms with Crippen molar-refractivity contribution in [1.82, 2.24) is 4.90 Å². The molecule has 0 atom stereocenters. The summed E-state index contributed by atoms with van der Waals surface area (Å²) in [6.07, 6.45) is -0.495. The van der Waals surface area contributed by atoms with E-state index in [1.165, 1.54) is 17.0 Å². The summed E-state index contributed by atoms with van der Waals surface area (Å²) >= 11 is 0. The molecule has 0 saturated carbocycles. The molecule has 132 valence electrons. The first kappa shape index (κ1) is 20.0. The zero-order chi connectivity index (χ0) is 18.4. The van der Waals surface area contributed by atoms with Crippen molar-refractivity contribution in [3.8, 4) is 11.8 Å². The highest BCUT2D eigenvalue weighted by molar-refractivity contribution is 7.86. The minimum atomic E-state index is -3.83. The van der Waals surface area contributed by atoms with Crippen LogP contribution in [0.15, 0.2) is 29.2 Å². The molecule has 1 aromatic rings. The fourth-order valence-electron chi connectivity index (χ4n) is 1.51. The van der Waals surface area contributed by atoms with Crippen LogP contribution in [0.25, 0.3) is 0 Å². The average molecular weight is 353 g/mol. The summed E-state index contributed by atoms with van der Waals surface area (Å²) in [5.41, 5.74) is 0.378. The summed E-state index contributed by atoms with van der Waals surface area (Å²) in [5.74, 6) is 5.24. The maximum Gasteiger partial charge on any atom is 0.410 e. The topological polar surface area (TPSA) is 72.9 Å². The van der Waals surface area contributed by atoms with Gasteiger partial charge in [0.2, 0.25) is 0 Å². The Morgan fingerprint density at radius 3 is 2.29 bits per heavy atom. The van der Waals surface area contributed by atoms with E-state index in [0.717, 1.165) is 5.56 Å². The number of benzene rings is 1. The van der Waals surface area contributed by atoms with Gasteiger partial charge in [0, 0.05) is 7.05 Å². The van der Waals surface area contributed by atoms with Gasteiger partial charge >= 0.3 is 6.09 Å². The number of aryl methyl sites for hydroxylation is 1. The number of hydrogen-bond acceptors (Lipinski definition) is 5. The maximum absolute atomic E-state index is 11.9. The van der Waals surface area contributed by atoms with Crippen LogP contribution in [-0.4, -0.2) is 45.2 Å². The van der Waals surface area contributed by atoms with E-state index in [1.807, 2.05) is 6.92 Å². The predicted octanol–water partition coefficient (Wildman–Crippen LogP) is 2.57. The largest absolute Gasteiger partial charge is 0.444 e. The molecule has 1 aromatic carbocycles. The van der Waals surface area contributed by atoms with Crippen LogP contribution in [0.2, 0.25) is 0 Å². The summed E-state index contributed by atoms with van der Waals surface area (Å²) < 4.78 is 33.9. The predicted molar refractivity (Wildman–Crippen MR) is 91.0 cm³/mol. The SMILES string of the molecule is Cc1ccc(S(=O)(=O)OCC#CCN(C)C(=O)OC(C)(C)C)cc1. The fourth-order valence-corrected chi connectivity index (χ4v) is 2.33. The van der Waals surface area contributed by atoms with Crippen LogP contribution in [0.5, 0.6) is 0 Å². The molecular weight excluding hydrogens is 330 g/mol. The van der Waals surface area contributed by atoms with Gasteiger partial charge in [0.25, 0.3) is 10.1 Å².